The standard InChI is InChI=1S/C28H36F3N3O2/c1-2-3-4-5-6-7-8-9-10-15-26-32-27(36-33-26)23-18-16-22(17-19-23)20-34(35)21-24-13-11-12-14-25(24)28(29,30)31/h11-14,16-19,34H,2-10,15,20-21H2,1H3. The van der Waals surface area contributed by atoms with Gasteiger partial charge in [0.1, 0.15) is 13.1 Å². The smallest absolute Gasteiger partial charge is 0.416 e. The Bertz CT molecular complexity index is 1040. The fourth-order valence-electron chi connectivity index (χ4n) is 4.29. The highest BCUT2D eigenvalue weighted by Gasteiger charge is 2.33. The van der Waals surface area contributed by atoms with Crippen LogP contribution in [-0.4, -0.2) is 10.1 Å². The van der Waals surface area contributed by atoms with Gasteiger partial charge in [-0.1, -0.05) is 93.8 Å². The minimum absolute atomic E-state index is 0.00279. The summed E-state index contributed by atoms with van der Waals surface area (Å²) in [4.78, 5) is 4.48. The van der Waals surface area contributed by atoms with Crippen LogP contribution in [0.5, 0.6) is 0 Å². The Morgan fingerprint density at radius 3 is 2.14 bits per heavy atom. The predicted molar refractivity (Wildman–Crippen MR) is 134 cm³/mol. The fraction of sp³-hybridized carbons (Fsp3) is 0.500. The van der Waals surface area contributed by atoms with Crippen LogP contribution >= 0.6 is 0 Å². The summed E-state index contributed by atoms with van der Waals surface area (Å²) in [6.45, 7) is 2.03. The molecular weight excluding hydrogens is 467 g/mol. The molecule has 1 atom stereocenters. The van der Waals surface area contributed by atoms with E-state index in [4.69, 9.17) is 4.52 Å². The Hall–Kier alpha value is -2.71. The van der Waals surface area contributed by atoms with Gasteiger partial charge in [0.2, 0.25) is 0 Å². The lowest BCUT2D eigenvalue weighted by Gasteiger charge is -2.24. The van der Waals surface area contributed by atoms with E-state index < -0.39 is 11.7 Å². The number of aromatic nitrogens is 2. The summed E-state index contributed by atoms with van der Waals surface area (Å²) in [6, 6.07) is 12.3. The van der Waals surface area contributed by atoms with Crippen molar-refractivity contribution in [2.24, 2.45) is 0 Å². The molecular formula is C28H36F3N3O2. The van der Waals surface area contributed by atoms with Crippen molar-refractivity contribution in [3.05, 3.63) is 76.3 Å². The largest absolute Gasteiger partial charge is 0.634 e. The zero-order valence-electron chi connectivity index (χ0n) is 20.9. The van der Waals surface area contributed by atoms with Gasteiger partial charge in [-0.3, -0.25) is 0 Å². The van der Waals surface area contributed by atoms with E-state index in [9.17, 15) is 18.4 Å². The van der Waals surface area contributed by atoms with Crippen molar-refractivity contribution in [1.82, 2.24) is 10.1 Å². The lowest BCUT2D eigenvalue weighted by molar-refractivity contribution is -0.877. The van der Waals surface area contributed by atoms with Gasteiger partial charge in [0.15, 0.2) is 5.82 Å². The van der Waals surface area contributed by atoms with Crippen molar-refractivity contribution in [2.75, 3.05) is 0 Å². The van der Waals surface area contributed by atoms with Gasteiger partial charge in [0.05, 0.1) is 5.56 Å². The van der Waals surface area contributed by atoms with Gasteiger partial charge < -0.3 is 14.8 Å². The first kappa shape index (κ1) is 27.9. The van der Waals surface area contributed by atoms with E-state index in [1.54, 1.807) is 24.3 Å². The van der Waals surface area contributed by atoms with Crippen molar-refractivity contribution in [3.63, 3.8) is 0 Å². The highest BCUT2D eigenvalue weighted by Crippen LogP contribution is 2.31. The van der Waals surface area contributed by atoms with Gasteiger partial charge in [-0.25, -0.2) is 0 Å². The van der Waals surface area contributed by atoms with Crippen LogP contribution in [0, 0.1) is 5.21 Å². The molecule has 0 fully saturated rings. The second kappa shape index (κ2) is 14.1. The Morgan fingerprint density at radius 2 is 1.47 bits per heavy atom. The Balaban J connectivity index is 1.43. The number of nitrogens with one attached hydrogen (secondary N) is 1. The third-order valence-corrected chi connectivity index (χ3v) is 6.28. The van der Waals surface area contributed by atoms with Gasteiger partial charge in [-0.15, -0.1) is 0 Å². The third kappa shape index (κ3) is 9.06. The van der Waals surface area contributed by atoms with E-state index in [-0.39, 0.29) is 23.7 Å². The minimum Gasteiger partial charge on any atom is -0.634 e. The number of hydrogen-bond acceptors (Lipinski definition) is 4. The first-order valence-electron chi connectivity index (χ1n) is 13.0. The molecule has 0 saturated carbocycles. The Kier molecular flexibility index (Phi) is 10.9. The molecule has 0 aliphatic rings. The molecule has 1 unspecified atom stereocenters. The molecule has 3 rings (SSSR count). The number of alkyl halides is 3. The molecule has 5 nitrogen and oxygen atoms in total. The monoisotopic (exact) mass is 503 g/mol. The van der Waals surface area contributed by atoms with E-state index >= 15 is 0 Å². The Labute approximate surface area is 211 Å². The molecule has 3 aromatic rings. The number of rotatable bonds is 15. The third-order valence-electron chi connectivity index (χ3n) is 6.28. The zero-order valence-corrected chi connectivity index (χ0v) is 20.9. The Morgan fingerprint density at radius 1 is 0.833 bits per heavy atom. The van der Waals surface area contributed by atoms with Crippen LogP contribution in [-0.2, 0) is 25.7 Å². The molecule has 1 aromatic heterocycles. The maximum absolute atomic E-state index is 13.2. The molecule has 2 aromatic carbocycles. The summed E-state index contributed by atoms with van der Waals surface area (Å²) >= 11 is 0. The van der Waals surface area contributed by atoms with E-state index in [0.717, 1.165) is 36.5 Å². The highest BCUT2D eigenvalue weighted by atomic mass is 19.4. The van der Waals surface area contributed by atoms with Gasteiger partial charge in [-0.05, 0) is 24.6 Å². The van der Waals surface area contributed by atoms with Gasteiger partial charge >= 0.3 is 6.18 Å². The number of hydrogen-bond donors (Lipinski definition) is 1. The van der Waals surface area contributed by atoms with Crippen molar-refractivity contribution < 1.29 is 22.8 Å². The molecule has 0 saturated heterocycles. The lowest BCUT2D eigenvalue weighted by atomic mass is 10.1. The predicted octanol–water partition coefficient (Wildman–Crippen LogP) is 6.91. The number of quaternary nitrogens is 1. The molecule has 0 aliphatic carbocycles. The fourth-order valence-corrected chi connectivity index (χ4v) is 4.29. The summed E-state index contributed by atoms with van der Waals surface area (Å²) in [7, 11) is 0. The van der Waals surface area contributed by atoms with Crippen LogP contribution in [0.25, 0.3) is 11.5 Å². The van der Waals surface area contributed by atoms with Crippen molar-refractivity contribution in [3.8, 4) is 11.5 Å². The van der Waals surface area contributed by atoms with Crippen LogP contribution in [0.3, 0.4) is 0 Å². The topological polar surface area (TPSA) is 66.4 Å². The summed E-state index contributed by atoms with van der Waals surface area (Å²) in [5.74, 6) is 1.12. The summed E-state index contributed by atoms with van der Waals surface area (Å²) in [5, 5.41) is 16.2. The summed E-state index contributed by atoms with van der Waals surface area (Å²) < 4.78 is 44.9. The molecule has 196 valence electrons. The van der Waals surface area contributed by atoms with Gasteiger partial charge in [-0.2, -0.15) is 18.2 Å². The second-order valence-corrected chi connectivity index (χ2v) is 9.34. The molecule has 0 aliphatic heterocycles. The van der Waals surface area contributed by atoms with E-state index in [0.29, 0.717) is 11.7 Å². The van der Waals surface area contributed by atoms with Crippen LogP contribution in [0.1, 0.15) is 87.2 Å². The summed E-state index contributed by atoms with van der Waals surface area (Å²) in [6.07, 6.45) is 7.62. The van der Waals surface area contributed by atoms with Crippen LogP contribution < -0.4 is 5.06 Å². The van der Waals surface area contributed by atoms with Gasteiger partial charge in [0.25, 0.3) is 5.89 Å². The van der Waals surface area contributed by atoms with Crippen molar-refractivity contribution in [2.45, 2.75) is 90.4 Å². The number of hydroxylamine groups is 2. The number of unbranched alkanes of at least 4 members (excludes halogenated alkanes) is 8. The average molecular weight is 504 g/mol. The number of benzene rings is 2. The number of nitrogens with zero attached hydrogens (tertiary/aromatic N) is 2. The van der Waals surface area contributed by atoms with Crippen molar-refractivity contribution >= 4 is 0 Å². The molecule has 8 heteroatoms. The van der Waals surface area contributed by atoms with E-state index in [1.807, 2.05) is 0 Å². The summed E-state index contributed by atoms with van der Waals surface area (Å²) in [5.41, 5.74) is 0.711. The van der Waals surface area contributed by atoms with Crippen LogP contribution in [0.2, 0.25) is 0 Å². The highest BCUT2D eigenvalue weighted by molar-refractivity contribution is 5.53. The van der Waals surface area contributed by atoms with Crippen molar-refractivity contribution in [1.29, 1.82) is 0 Å². The van der Waals surface area contributed by atoms with Gasteiger partial charge in [0, 0.05) is 23.1 Å². The minimum atomic E-state index is -4.48. The molecule has 1 N–H and O–H groups in total. The first-order chi connectivity index (χ1) is 17.4. The van der Waals surface area contributed by atoms with E-state index in [2.05, 4.69) is 17.1 Å². The van der Waals surface area contributed by atoms with Crippen LogP contribution in [0.15, 0.2) is 53.1 Å². The quantitative estimate of drug-likeness (QED) is 0.181. The first-order valence-corrected chi connectivity index (χ1v) is 13.0. The maximum Gasteiger partial charge on any atom is 0.416 e. The molecule has 0 spiro atoms. The van der Waals surface area contributed by atoms with E-state index in [1.165, 1.54) is 63.1 Å². The lowest BCUT2D eigenvalue weighted by Crippen LogP contribution is -3.04. The molecule has 36 heavy (non-hydrogen) atoms. The second-order valence-electron chi connectivity index (χ2n) is 9.34. The molecule has 0 bridgehead atoms. The maximum atomic E-state index is 13.2. The molecule has 0 radical (unpaired) electrons. The normalized spacial score (nSPS) is 12.7. The zero-order chi connectivity index (χ0) is 25.8. The SMILES string of the molecule is CCCCCCCCCCCc1noc(-c2ccc(C[NH+]([O-])Cc3ccccc3C(F)(F)F)cc2)n1. The average Bonchev–Trinajstić information content (AvgIpc) is 3.32. The number of halogens is 3. The molecule has 0 amide bonds. The number of aryl methyl sites for hydroxylation is 1. The van der Waals surface area contributed by atoms with Crippen LogP contribution in [0.4, 0.5) is 13.2 Å². The molecule has 1 heterocycles.